The van der Waals surface area contributed by atoms with Gasteiger partial charge in [-0.2, -0.15) is 0 Å². The van der Waals surface area contributed by atoms with E-state index < -0.39 is 0 Å². The first-order chi connectivity index (χ1) is 12.7. The molecule has 3 aromatic rings. The van der Waals surface area contributed by atoms with Gasteiger partial charge in [0, 0.05) is 31.9 Å². The first kappa shape index (κ1) is 16.6. The van der Waals surface area contributed by atoms with E-state index in [1.54, 1.807) is 6.20 Å². The molecule has 1 saturated heterocycles. The smallest absolute Gasteiger partial charge is 0.297 e. The van der Waals surface area contributed by atoms with Crippen LogP contribution in [0.5, 0.6) is 0 Å². The van der Waals surface area contributed by atoms with Crippen LogP contribution in [0.2, 0.25) is 0 Å². The molecule has 26 heavy (non-hydrogen) atoms. The summed E-state index contributed by atoms with van der Waals surface area (Å²) in [5, 5.41) is 3.34. The molecule has 2 aromatic heterocycles. The van der Waals surface area contributed by atoms with Gasteiger partial charge in [-0.1, -0.05) is 18.2 Å². The summed E-state index contributed by atoms with van der Waals surface area (Å²) in [5.74, 6) is 1.47. The molecule has 0 aliphatic carbocycles. The van der Waals surface area contributed by atoms with Gasteiger partial charge in [-0.25, -0.2) is 9.97 Å². The predicted molar refractivity (Wildman–Crippen MR) is 104 cm³/mol. The number of likely N-dealkylation sites (N-methyl/N-ethyl adjacent to an activating group) is 1. The number of oxazole rings is 1. The summed E-state index contributed by atoms with van der Waals surface area (Å²) < 4.78 is 5.97. The Morgan fingerprint density at radius 3 is 2.65 bits per heavy atom. The standard InChI is InChI=1S/C20H23N5O/c1-15-5-3-6-16(13-15)22-19-8-4-7-17(23-19)18-14-21-20(26-18)25-11-9-24(2)10-12-25/h3-8,13-14H,9-12H2,1-2H3,(H,22,23). The van der Waals surface area contributed by atoms with E-state index in [0.29, 0.717) is 11.8 Å². The van der Waals surface area contributed by atoms with Crippen molar-refractivity contribution in [2.75, 3.05) is 43.4 Å². The third-order valence-electron chi connectivity index (χ3n) is 4.56. The molecule has 6 nitrogen and oxygen atoms in total. The number of anilines is 3. The molecule has 1 N–H and O–H groups in total. The van der Waals surface area contributed by atoms with Crippen LogP contribution in [-0.4, -0.2) is 48.1 Å². The number of rotatable bonds is 4. The highest BCUT2D eigenvalue weighted by Gasteiger charge is 2.19. The minimum absolute atomic E-state index is 0.673. The van der Waals surface area contributed by atoms with Crippen molar-refractivity contribution >= 4 is 17.5 Å². The molecule has 0 radical (unpaired) electrons. The average molecular weight is 349 g/mol. The molecule has 1 aromatic carbocycles. The third kappa shape index (κ3) is 3.70. The number of benzene rings is 1. The number of hydrogen-bond acceptors (Lipinski definition) is 6. The highest BCUT2D eigenvalue weighted by atomic mass is 16.4. The summed E-state index contributed by atoms with van der Waals surface area (Å²) in [6.45, 7) is 5.97. The van der Waals surface area contributed by atoms with Gasteiger partial charge in [0.15, 0.2) is 5.76 Å². The fraction of sp³-hybridized carbons (Fsp3) is 0.300. The van der Waals surface area contributed by atoms with E-state index in [-0.39, 0.29) is 0 Å². The predicted octanol–water partition coefficient (Wildman–Crippen LogP) is 3.54. The van der Waals surface area contributed by atoms with Crippen LogP contribution in [0.25, 0.3) is 11.5 Å². The SMILES string of the molecule is Cc1cccc(Nc2cccc(-c3cnc(N4CCN(C)CC4)o3)n2)c1. The molecule has 134 valence electrons. The van der Waals surface area contributed by atoms with E-state index >= 15 is 0 Å². The van der Waals surface area contributed by atoms with Crippen LogP contribution in [0.1, 0.15) is 5.56 Å². The molecule has 4 rings (SSSR count). The van der Waals surface area contributed by atoms with Crippen molar-refractivity contribution in [2.45, 2.75) is 6.92 Å². The van der Waals surface area contributed by atoms with Crippen LogP contribution in [-0.2, 0) is 0 Å². The average Bonchev–Trinajstić information content (AvgIpc) is 3.13. The topological polar surface area (TPSA) is 57.4 Å². The van der Waals surface area contributed by atoms with Gasteiger partial charge in [-0.15, -0.1) is 0 Å². The van der Waals surface area contributed by atoms with Crippen LogP contribution in [0.3, 0.4) is 0 Å². The van der Waals surface area contributed by atoms with Crippen molar-refractivity contribution in [3.8, 4) is 11.5 Å². The molecule has 1 fully saturated rings. The summed E-state index contributed by atoms with van der Waals surface area (Å²) in [6, 6.07) is 14.8. The van der Waals surface area contributed by atoms with Gasteiger partial charge in [0.2, 0.25) is 0 Å². The van der Waals surface area contributed by atoms with Gasteiger partial charge in [0.25, 0.3) is 6.01 Å². The van der Waals surface area contributed by atoms with Crippen LogP contribution in [0, 0.1) is 6.92 Å². The van der Waals surface area contributed by atoms with E-state index in [1.807, 2.05) is 30.3 Å². The number of hydrogen-bond donors (Lipinski definition) is 1. The highest BCUT2D eigenvalue weighted by molar-refractivity contribution is 5.61. The number of pyridine rings is 1. The van der Waals surface area contributed by atoms with Crippen LogP contribution in [0.4, 0.5) is 17.5 Å². The molecule has 3 heterocycles. The molecular weight excluding hydrogens is 326 g/mol. The number of aryl methyl sites for hydroxylation is 1. The van der Waals surface area contributed by atoms with Gasteiger partial charge in [0.1, 0.15) is 11.5 Å². The zero-order chi connectivity index (χ0) is 17.9. The lowest BCUT2D eigenvalue weighted by atomic mass is 10.2. The van der Waals surface area contributed by atoms with Crippen molar-refractivity contribution in [3.63, 3.8) is 0 Å². The highest BCUT2D eigenvalue weighted by Crippen LogP contribution is 2.25. The Labute approximate surface area is 153 Å². The Kier molecular flexibility index (Phi) is 4.58. The normalized spacial score (nSPS) is 15.2. The van der Waals surface area contributed by atoms with Gasteiger partial charge >= 0.3 is 0 Å². The van der Waals surface area contributed by atoms with E-state index in [1.165, 1.54) is 5.56 Å². The van der Waals surface area contributed by atoms with Crippen LogP contribution in [0.15, 0.2) is 53.1 Å². The summed E-state index contributed by atoms with van der Waals surface area (Å²) in [6.07, 6.45) is 1.76. The van der Waals surface area contributed by atoms with Gasteiger partial charge in [-0.3, -0.25) is 0 Å². The second-order valence-electron chi connectivity index (χ2n) is 6.70. The third-order valence-corrected chi connectivity index (χ3v) is 4.56. The summed E-state index contributed by atoms with van der Waals surface area (Å²) >= 11 is 0. The quantitative estimate of drug-likeness (QED) is 0.777. The second-order valence-corrected chi connectivity index (χ2v) is 6.70. The Bertz CT molecular complexity index is 883. The number of nitrogens with zero attached hydrogens (tertiary/aromatic N) is 4. The van der Waals surface area contributed by atoms with Gasteiger partial charge in [-0.05, 0) is 43.8 Å². The molecule has 1 aliphatic heterocycles. The Morgan fingerprint density at radius 2 is 1.85 bits per heavy atom. The molecule has 0 amide bonds. The largest absolute Gasteiger partial charge is 0.422 e. The zero-order valence-corrected chi connectivity index (χ0v) is 15.1. The molecular formula is C20H23N5O. The van der Waals surface area contributed by atoms with Gasteiger partial charge in [0.05, 0.1) is 6.20 Å². The van der Waals surface area contributed by atoms with Crippen molar-refractivity contribution in [1.29, 1.82) is 0 Å². The molecule has 0 saturated carbocycles. The lowest BCUT2D eigenvalue weighted by Gasteiger charge is -2.31. The summed E-state index contributed by atoms with van der Waals surface area (Å²) in [4.78, 5) is 13.6. The Hall–Kier alpha value is -2.86. The molecule has 0 spiro atoms. The maximum Gasteiger partial charge on any atom is 0.297 e. The first-order valence-electron chi connectivity index (χ1n) is 8.88. The molecule has 0 unspecified atom stereocenters. The van der Waals surface area contributed by atoms with Crippen molar-refractivity contribution in [1.82, 2.24) is 14.9 Å². The maximum atomic E-state index is 5.97. The Morgan fingerprint density at radius 1 is 1.04 bits per heavy atom. The zero-order valence-electron chi connectivity index (χ0n) is 15.1. The van der Waals surface area contributed by atoms with Crippen molar-refractivity contribution < 1.29 is 4.42 Å². The monoisotopic (exact) mass is 349 g/mol. The Balaban J connectivity index is 1.51. The molecule has 1 aliphatic rings. The maximum absolute atomic E-state index is 5.97. The van der Waals surface area contributed by atoms with Crippen molar-refractivity contribution in [2.24, 2.45) is 0 Å². The number of nitrogens with one attached hydrogen (secondary N) is 1. The van der Waals surface area contributed by atoms with Crippen molar-refractivity contribution in [3.05, 3.63) is 54.2 Å². The summed E-state index contributed by atoms with van der Waals surface area (Å²) in [7, 11) is 2.13. The minimum Gasteiger partial charge on any atom is -0.422 e. The second kappa shape index (κ2) is 7.17. The summed E-state index contributed by atoms with van der Waals surface area (Å²) in [5.41, 5.74) is 3.00. The number of aromatic nitrogens is 2. The van der Waals surface area contributed by atoms with E-state index in [0.717, 1.165) is 43.4 Å². The van der Waals surface area contributed by atoms with E-state index in [9.17, 15) is 0 Å². The number of piperazine rings is 1. The molecule has 0 atom stereocenters. The van der Waals surface area contributed by atoms with E-state index in [2.05, 4.69) is 51.2 Å². The van der Waals surface area contributed by atoms with E-state index in [4.69, 9.17) is 4.42 Å². The fourth-order valence-corrected chi connectivity index (χ4v) is 3.04. The van der Waals surface area contributed by atoms with Gasteiger partial charge < -0.3 is 19.5 Å². The minimum atomic E-state index is 0.673. The lowest BCUT2D eigenvalue weighted by molar-refractivity contribution is 0.305. The lowest BCUT2D eigenvalue weighted by Crippen LogP contribution is -2.44. The molecule has 6 heteroatoms. The fourth-order valence-electron chi connectivity index (χ4n) is 3.04. The molecule has 0 bridgehead atoms. The van der Waals surface area contributed by atoms with Crippen LogP contribution >= 0.6 is 0 Å². The van der Waals surface area contributed by atoms with Crippen LogP contribution < -0.4 is 10.2 Å². The first-order valence-corrected chi connectivity index (χ1v) is 8.88.